The highest BCUT2D eigenvalue weighted by Gasteiger charge is 1.98. The van der Waals surface area contributed by atoms with Crippen LogP contribution in [0.2, 0.25) is 0 Å². The van der Waals surface area contributed by atoms with Gasteiger partial charge in [-0.1, -0.05) is 13.8 Å². The van der Waals surface area contributed by atoms with Crippen LogP contribution in [-0.2, 0) is 0 Å². The molecule has 0 fully saturated rings. The molecule has 5 N–H and O–H groups in total. The Morgan fingerprint density at radius 1 is 1.21 bits per heavy atom. The summed E-state index contributed by atoms with van der Waals surface area (Å²) in [5.74, 6) is 1.01. The molecule has 0 radical (unpaired) electrons. The lowest BCUT2D eigenvalue weighted by Crippen LogP contribution is -2.44. The van der Waals surface area contributed by atoms with E-state index in [-0.39, 0.29) is 11.9 Å². The average Bonchev–Trinajstić information content (AvgIpc) is 2.12. The van der Waals surface area contributed by atoms with Gasteiger partial charge in [0.05, 0.1) is 0 Å². The number of guanidine groups is 2. The third kappa shape index (κ3) is 7.39. The molecule has 0 aromatic heterocycles. The molecule has 5 nitrogen and oxygen atoms in total. The molecule has 14 heavy (non-hydrogen) atoms. The van der Waals surface area contributed by atoms with Crippen LogP contribution in [0, 0.1) is 16.7 Å². The summed E-state index contributed by atoms with van der Waals surface area (Å²) in [5, 5.41) is 22.7. The summed E-state index contributed by atoms with van der Waals surface area (Å²) in [4.78, 5) is 0. The predicted octanol–water partition coefficient (Wildman–Crippen LogP) is 0.691. The second-order valence-electron chi connectivity index (χ2n) is 3.59. The van der Waals surface area contributed by atoms with Gasteiger partial charge in [0, 0.05) is 13.6 Å². The Morgan fingerprint density at radius 2 is 1.86 bits per heavy atom. The summed E-state index contributed by atoms with van der Waals surface area (Å²) < 4.78 is 0. The molecule has 0 bridgehead atoms. The van der Waals surface area contributed by atoms with Gasteiger partial charge in [-0.15, -0.1) is 0 Å². The zero-order valence-electron chi connectivity index (χ0n) is 9.20. The Morgan fingerprint density at radius 3 is 2.36 bits per heavy atom. The fourth-order valence-electron chi connectivity index (χ4n) is 0.955. The largest absolute Gasteiger partial charge is 0.359 e. The van der Waals surface area contributed by atoms with Gasteiger partial charge >= 0.3 is 0 Å². The van der Waals surface area contributed by atoms with Crippen LogP contribution in [-0.4, -0.2) is 25.5 Å². The maximum Gasteiger partial charge on any atom is 0.195 e. The lowest BCUT2D eigenvalue weighted by Gasteiger charge is -2.10. The zero-order chi connectivity index (χ0) is 11.0. The maximum absolute atomic E-state index is 7.41. The topological polar surface area (TPSA) is 83.8 Å². The minimum absolute atomic E-state index is 0.131. The first-order chi connectivity index (χ1) is 6.56. The van der Waals surface area contributed by atoms with Crippen LogP contribution < -0.4 is 16.0 Å². The van der Waals surface area contributed by atoms with Gasteiger partial charge < -0.3 is 10.6 Å². The van der Waals surface area contributed by atoms with Crippen molar-refractivity contribution in [2.45, 2.75) is 26.7 Å². The van der Waals surface area contributed by atoms with Crippen molar-refractivity contribution in [3.05, 3.63) is 0 Å². The van der Waals surface area contributed by atoms with Gasteiger partial charge in [-0.3, -0.25) is 16.1 Å². The summed E-state index contributed by atoms with van der Waals surface area (Å²) in [6, 6.07) is 0. The fraction of sp³-hybridized carbons (Fsp3) is 0.778. The number of nitrogens with one attached hydrogen (secondary N) is 5. The molecule has 0 heterocycles. The molecule has 0 aliphatic rings. The van der Waals surface area contributed by atoms with Crippen molar-refractivity contribution in [2.24, 2.45) is 5.92 Å². The fourth-order valence-corrected chi connectivity index (χ4v) is 0.955. The number of hydrogen-bond donors (Lipinski definition) is 5. The Hall–Kier alpha value is -1.26. The van der Waals surface area contributed by atoms with E-state index in [4.69, 9.17) is 10.8 Å². The van der Waals surface area contributed by atoms with E-state index in [1.165, 1.54) is 0 Å². The lowest BCUT2D eigenvalue weighted by molar-refractivity contribution is 0.550. The van der Waals surface area contributed by atoms with Crippen LogP contribution in [0.15, 0.2) is 0 Å². The minimum Gasteiger partial charge on any atom is -0.359 e. The van der Waals surface area contributed by atoms with Crippen LogP contribution in [0.3, 0.4) is 0 Å². The molecule has 0 rings (SSSR count). The molecule has 0 atom stereocenters. The van der Waals surface area contributed by atoms with Crippen LogP contribution in [0.5, 0.6) is 0 Å². The smallest absolute Gasteiger partial charge is 0.195 e. The molecule has 0 aromatic carbocycles. The molecule has 0 aromatic rings. The van der Waals surface area contributed by atoms with Gasteiger partial charge in [-0.25, -0.2) is 0 Å². The molecule has 0 saturated carbocycles. The quantitative estimate of drug-likeness (QED) is 0.262. The van der Waals surface area contributed by atoms with E-state index in [0.29, 0.717) is 5.92 Å². The highest BCUT2D eigenvalue weighted by atomic mass is 15.2. The molecular formula is C9H21N5. The number of rotatable bonds is 4. The first kappa shape index (κ1) is 12.7. The van der Waals surface area contributed by atoms with Crippen molar-refractivity contribution in [1.82, 2.24) is 16.0 Å². The third-order valence-electron chi connectivity index (χ3n) is 1.76. The van der Waals surface area contributed by atoms with E-state index in [0.717, 1.165) is 19.4 Å². The molecule has 0 saturated heterocycles. The SMILES string of the molecule is CNC(=N)NC(=N)NCCCC(C)C. The Labute approximate surface area is 85.7 Å². The van der Waals surface area contributed by atoms with Crippen LogP contribution in [0.1, 0.15) is 26.7 Å². The van der Waals surface area contributed by atoms with E-state index in [9.17, 15) is 0 Å². The standard InChI is InChI=1S/C9H21N5/c1-7(2)5-4-6-13-9(11)14-8(10)12-3/h7H,4-6H2,1-3H3,(H5,10,11,12,13,14). The summed E-state index contributed by atoms with van der Waals surface area (Å²) in [7, 11) is 1.64. The van der Waals surface area contributed by atoms with Crippen molar-refractivity contribution < 1.29 is 0 Å². The monoisotopic (exact) mass is 199 g/mol. The summed E-state index contributed by atoms with van der Waals surface area (Å²) in [6.45, 7) is 5.14. The lowest BCUT2D eigenvalue weighted by atomic mass is 10.1. The Bertz CT molecular complexity index is 188. The summed E-state index contributed by atoms with van der Waals surface area (Å²) in [6.07, 6.45) is 2.21. The van der Waals surface area contributed by atoms with Gasteiger partial charge in [0.2, 0.25) is 0 Å². The molecule has 0 aliphatic carbocycles. The van der Waals surface area contributed by atoms with E-state index >= 15 is 0 Å². The van der Waals surface area contributed by atoms with Crippen LogP contribution >= 0.6 is 0 Å². The van der Waals surface area contributed by atoms with Crippen LogP contribution in [0.4, 0.5) is 0 Å². The molecule has 5 heteroatoms. The van der Waals surface area contributed by atoms with Crippen molar-refractivity contribution in [1.29, 1.82) is 10.8 Å². The van der Waals surface area contributed by atoms with Crippen molar-refractivity contribution in [3.63, 3.8) is 0 Å². The molecule has 82 valence electrons. The second kappa shape index (κ2) is 7.17. The van der Waals surface area contributed by atoms with Gasteiger partial charge in [-0.2, -0.15) is 0 Å². The van der Waals surface area contributed by atoms with E-state index in [1.54, 1.807) is 7.05 Å². The third-order valence-corrected chi connectivity index (χ3v) is 1.76. The highest BCUT2D eigenvalue weighted by molar-refractivity contribution is 5.95. The van der Waals surface area contributed by atoms with Gasteiger partial charge in [0.15, 0.2) is 11.9 Å². The van der Waals surface area contributed by atoms with Crippen LogP contribution in [0.25, 0.3) is 0 Å². The average molecular weight is 199 g/mol. The molecule has 0 amide bonds. The van der Waals surface area contributed by atoms with E-state index in [2.05, 4.69) is 29.8 Å². The molecular weight excluding hydrogens is 178 g/mol. The maximum atomic E-state index is 7.41. The second-order valence-corrected chi connectivity index (χ2v) is 3.59. The number of hydrogen-bond acceptors (Lipinski definition) is 2. The van der Waals surface area contributed by atoms with E-state index in [1.807, 2.05) is 0 Å². The van der Waals surface area contributed by atoms with Crippen molar-refractivity contribution in [3.8, 4) is 0 Å². The minimum atomic E-state index is 0.131. The van der Waals surface area contributed by atoms with E-state index < -0.39 is 0 Å². The highest BCUT2D eigenvalue weighted by Crippen LogP contribution is 2.01. The molecule has 0 aliphatic heterocycles. The normalized spacial score (nSPS) is 9.71. The Balaban J connectivity index is 3.40. The first-order valence-corrected chi connectivity index (χ1v) is 4.92. The predicted molar refractivity (Wildman–Crippen MR) is 59.7 cm³/mol. The molecule has 0 spiro atoms. The molecule has 0 unspecified atom stereocenters. The van der Waals surface area contributed by atoms with Crippen molar-refractivity contribution in [2.75, 3.05) is 13.6 Å². The first-order valence-electron chi connectivity index (χ1n) is 4.92. The van der Waals surface area contributed by atoms with Gasteiger partial charge in [0.1, 0.15) is 0 Å². The summed E-state index contributed by atoms with van der Waals surface area (Å²) in [5.41, 5.74) is 0. The van der Waals surface area contributed by atoms with Crippen molar-refractivity contribution >= 4 is 11.9 Å². The summed E-state index contributed by atoms with van der Waals surface area (Å²) >= 11 is 0. The Kier molecular flexibility index (Phi) is 6.53. The van der Waals surface area contributed by atoms with Gasteiger partial charge in [0.25, 0.3) is 0 Å². The zero-order valence-corrected chi connectivity index (χ0v) is 9.20. The van der Waals surface area contributed by atoms with Gasteiger partial charge in [-0.05, 0) is 18.8 Å².